The van der Waals surface area contributed by atoms with Crippen LogP contribution in [0.2, 0.25) is 5.02 Å². The Morgan fingerprint density at radius 2 is 2.19 bits per heavy atom. The van der Waals surface area contributed by atoms with Crippen LogP contribution in [-0.2, 0) is 11.8 Å². The monoisotopic (exact) mass is 312 g/mol. The van der Waals surface area contributed by atoms with E-state index in [0.29, 0.717) is 11.4 Å². The number of halogens is 2. The maximum absolute atomic E-state index is 14.2. The Morgan fingerprint density at radius 1 is 1.48 bits per heavy atom. The van der Waals surface area contributed by atoms with Crippen LogP contribution in [0.15, 0.2) is 18.3 Å². The van der Waals surface area contributed by atoms with Gasteiger partial charge in [0.15, 0.2) is 0 Å². The fourth-order valence-corrected chi connectivity index (χ4v) is 2.21. The van der Waals surface area contributed by atoms with Gasteiger partial charge in [-0.1, -0.05) is 11.6 Å². The van der Waals surface area contributed by atoms with E-state index in [1.165, 1.54) is 24.1 Å². The number of hydrogen-bond donors (Lipinski definition) is 0. The van der Waals surface area contributed by atoms with Gasteiger partial charge in [-0.25, -0.2) is 9.18 Å². The molecule has 0 radical (unpaired) electrons. The normalized spacial score (nSPS) is 10.5. The Bertz CT molecular complexity index is 685. The van der Waals surface area contributed by atoms with Crippen LogP contribution in [0.5, 0.6) is 5.75 Å². The number of carbonyl (C=O) groups is 1. The Balaban J connectivity index is 2.62. The molecular formula is C14H14ClFN2O3. The zero-order valence-corrected chi connectivity index (χ0v) is 12.6. The topological polar surface area (TPSA) is 53.3 Å². The third kappa shape index (κ3) is 2.85. The van der Waals surface area contributed by atoms with E-state index in [1.807, 2.05) is 0 Å². The molecule has 21 heavy (non-hydrogen) atoms. The molecule has 0 spiro atoms. The predicted molar refractivity (Wildman–Crippen MR) is 76.1 cm³/mol. The predicted octanol–water partition coefficient (Wildman–Crippen LogP) is 3.06. The zero-order valence-electron chi connectivity index (χ0n) is 11.8. The van der Waals surface area contributed by atoms with Crippen LogP contribution in [-0.4, -0.2) is 29.5 Å². The van der Waals surface area contributed by atoms with Crippen molar-refractivity contribution in [2.75, 3.05) is 13.7 Å². The molecule has 0 aliphatic heterocycles. The number of benzene rings is 1. The molecule has 0 fully saturated rings. The van der Waals surface area contributed by atoms with Crippen molar-refractivity contribution in [3.05, 3.63) is 34.7 Å². The molecule has 0 unspecified atom stereocenters. The molecule has 1 aromatic carbocycles. The second kappa shape index (κ2) is 6.13. The highest BCUT2D eigenvalue weighted by molar-refractivity contribution is 6.32. The Hall–Kier alpha value is -2.08. The third-order valence-corrected chi connectivity index (χ3v) is 3.23. The summed E-state index contributed by atoms with van der Waals surface area (Å²) in [5, 5.41) is 4.14. The van der Waals surface area contributed by atoms with Crippen molar-refractivity contribution in [1.29, 1.82) is 0 Å². The number of methoxy groups -OCH3 is 1. The van der Waals surface area contributed by atoms with E-state index in [2.05, 4.69) is 5.10 Å². The molecule has 7 heteroatoms. The second-order valence-electron chi connectivity index (χ2n) is 4.22. The van der Waals surface area contributed by atoms with Crippen LogP contribution in [0.3, 0.4) is 0 Å². The molecule has 0 saturated heterocycles. The van der Waals surface area contributed by atoms with Gasteiger partial charge >= 0.3 is 5.97 Å². The molecule has 1 heterocycles. The summed E-state index contributed by atoms with van der Waals surface area (Å²) in [6, 6.07) is 2.56. The molecule has 112 valence electrons. The summed E-state index contributed by atoms with van der Waals surface area (Å²) in [5.41, 5.74) is 0.655. The molecular weight excluding hydrogens is 299 g/mol. The number of hydrogen-bond acceptors (Lipinski definition) is 4. The SMILES string of the molecule is CCOC(=O)c1cnn(C)c1-c1cc(OC)c(Cl)cc1F. The Labute approximate surface area is 126 Å². The highest BCUT2D eigenvalue weighted by atomic mass is 35.5. The smallest absolute Gasteiger partial charge is 0.341 e. The summed E-state index contributed by atoms with van der Waals surface area (Å²) >= 11 is 5.88. The van der Waals surface area contributed by atoms with Gasteiger partial charge in [-0.3, -0.25) is 4.68 Å². The van der Waals surface area contributed by atoms with Crippen LogP contribution in [0.25, 0.3) is 11.3 Å². The van der Waals surface area contributed by atoms with E-state index in [-0.39, 0.29) is 22.8 Å². The van der Waals surface area contributed by atoms with Gasteiger partial charge in [-0.15, -0.1) is 0 Å². The fourth-order valence-electron chi connectivity index (χ4n) is 1.98. The van der Waals surface area contributed by atoms with Crippen molar-refractivity contribution in [2.45, 2.75) is 6.92 Å². The molecule has 0 saturated carbocycles. The summed E-state index contributed by atoms with van der Waals surface area (Å²) in [4.78, 5) is 11.9. The fraction of sp³-hybridized carbons (Fsp3) is 0.286. The van der Waals surface area contributed by atoms with Crippen LogP contribution in [0.1, 0.15) is 17.3 Å². The average molecular weight is 313 g/mol. The maximum Gasteiger partial charge on any atom is 0.341 e. The molecule has 1 aromatic heterocycles. The van der Waals surface area contributed by atoms with E-state index in [0.717, 1.165) is 6.07 Å². The molecule has 2 rings (SSSR count). The van der Waals surface area contributed by atoms with Gasteiger partial charge in [0.25, 0.3) is 0 Å². The number of ether oxygens (including phenoxy) is 2. The van der Waals surface area contributed by atoms with E-state index >= 15 is 0 Å². The standard InChI is InChI=1S/C14H14ClFN2O3/c1-4-21-14(19)9-7-17-18(2)13(9)8-5-12(20-3)10(15)6-11(8)16/h5-7H,4H2,1-3H3. The molecule has 0 atom stereocenters. The number of esters is 1. The van der Waals surface area contributed by atoms with E-state index < -0.39 is 11.8 Å². The van der Waals surface area contributed by atoms with Crippen LogP contribution in [0, 0.1) is 5.82 Å². The summed E-state index contributed by atoms with van der Waals surface area (Å²) in [5.74, 6) is -0.826. The van der Waals surface area contributed by atoms with Crippen molar-refractivity contribution >= 4 is 17.6 Å². The number of aromatic nitrogens is 2. The first-order valence-electron chi connectivity index (χ1n) is 6.22. The Morgan fingerprint density at radius 3 is 2.81 bits per heavy atom. The lowest BCUT2D eigenvalue weighted by atomic mass is 10.1. The molecule has 0 amide bonds. The van der Waals surface area contributed by atoms with E-state index in [4.69, 9.17) is 21.1 Å². The van der Waals surface area contributed by atoms with Gasteiger partial charge in [0, 0.05) is 12.6 Å². The lowest BCUT2D eigenvalue weighted by molar-refractivity contribution is 0.0527. The largest absolute Gasteiger partial charge is 0.495 e. The zero-order chi connectivity index (χ0) is 15.6. The average Bonchev–Trinajstić information content (AvgIpc) is 2.81. The minimum Gasteiger partial charge on any atom is -0.495 e. The highest BCUT2D eigenvalue weighted by Crippen LogP contribution is 2.34. The summed E-state index contributed by atoms with van der Waals surface area (Å²) in [6.07, 6.45) is 1.34. The lowest BCUT2D eigenvalue weighted by Crippen LogP contribution is -2.07. The quantitative estimate of drug-likeness (QED) is 0.814. The maximum atomic E-state index is 14.2. The van der Waals surface area contributed by atoms with E-state index in [9.17, 15) is 9.18 Å². The van der Waals surface area contributed by atoms with Gasteiger partial charge in [-0.05, 0) is 19.1 Å². The van der Waals surface area contributed by atoms with Crippen molar-refractivity contribution in [2.24, 2.45) is 7.05 Å². The summed E-state index contributed by atoms with van der Waals surface area (Å²) < 4.78 is 25.6. The second-order valence-corrected chi connectivity index (χ2v) is 4.62. The molecule has 0 bridgehead atoms. The highest BCUT2D eigenvalue weighted by Gasteiger charge is 2.22. The van der Waals surface area contributed by atoms with Crippen LogP contribution < -0.4 is 4.74 Å². The van der Waals surface area contributed by atoms with Crippen molar-refractivity contribution in [3.63, 3.8) is 0 Å². The molecule has 2 aromatic rings. The van der Waals surface area contributed by atoms with Crippen LogP contribution >= 0.6 is 11.6 Å². The van der Waals surface area contributed by atoms with Crippen molar-refractivity contribution < 1.29 is 18.7 Å². The number of carbonyl (C=O) groups excluding carboxylic acids is 1. The number of nitrogens with zero attached hydrogens (tertiary/aromatic N) is 2. The van der Waals surface area contributed by atoms with Crippen molar-refractivity contribution in [3.8, 4) is 17.0 Å². The lowest BCUT2D eigenvalue weighted by Gasteiger charge is -2.10. The van der Waals surface area contributed by atoms with Gasteiger partial charge in [0.1, 0.15) is 17.1 Å². The number of aryl methyl sites for hydroxylation is 1. The van der Waals surface area contributed by atoms with Gasteiger partial charge in [0.05, 0.1) is 30.6 Å². The van der Waals surface area contributed by atoms with Gasteiger partial charge in [-0.2, -0.15) is 5.10 Å². The minimum atomic E-state index is -0.574. The van der Waals surface area contributed by atoms with Gasteiger partial charge in [0.2, 0.25) is 0 Å². The third-order valence-electron chi connectivity index (χ3n) is 2.93. The van der Waals surface area contributed by atoms with E-state index in [1.54, 1.807) is 14.0 Å². The summed E-state index contributed by atoms with van der Waals surface area (Å²) in [6.45, 7) is 1.92. The Kier molecular flexibility index (Phi) is 4.47. The van der Waals surface area contributed by atoms with Gasteiger partial charge < -0.3 is 9.47 Å². The van der Waals surface area contributed by atoms with Crippen LogP contribution in [0.4, 0.5) is 4.39 Å². The first kappa shape index (κ1) is 15.3. The molecule has 0 N–H and O–H groups in total. The number of rotatable bonds is 4. The molecule has 5 nitrogen and oxygen atoms in total. The molecule has 0 aliphatic carbocycles. The summed E-state index contributed by atoms with van der Waals surface area (Å²) in [7, 11) is 3.04. The minimum absolute atomic E-state index is 0.151. The first-order valence-corrected chi connectivity index (χ1v) is 6.59. The van der Waals surface area contributed by atoms with Crippen molar-refractivity contribution in [1.82, 2.24) is 9.78 Å². The molecule has 0 aliphatic rings. The first-order chi connectivity index (χ1) is 9.99.